The first-order valence-corrected chi connectivity index (χ1v) is 7.11. The number of benzene rings is 1. The summed E-state index contributed by atoms with van der Waals surface area (Å²) >= 11 is 0. The summed E-state index contributed by atoms with van der Waals surface area (Å²) in [4.78, 5) is 24.6. The summed E-state index contributed by atoms with van der Waals surface area (Å²) in [6.07, 6.45) is 3.07. The molecule has 0 aliphatic carbocycles. The van der Waals surface area contributed by atoms with Crippen molar-refractivity contribution in [3.8, 4) is 0 Å². The van der Waals surface area contributed by atoms with Crippen molar-refractivity contribution in [3.63, 3.8) is 0 Å². The van der Waals surface area contributed by atoms with Gasteiger partial charge in [0.2, 0.25) is 0 Å². The van der Waals surface area contributed by atoms with Gasteiger partial charge in [0.25, 0.3) is 11.6 Å². The highest BCUT2D eigenvalue weighted by atomic mass is 16.6. The molecule has 0 saturated carbocycles. The minimum Gasteiger partial charge on any atom is -0.339 e. The number of nitrogens with one attached hydrogen (secondary N) is 1. The van der Waals surface area contributed by atoms with Crippen LogP contribution in [0.4, 0.5) is 11.4 Å². The van der Waals surface area contributed by atoms with Crippen molar-refractivity contribution < 1.29 is 9.72 Å². The van der Waals surface area contributed by atoms with Crippen LogP contribution >= 0.6 is 0 Å². The molecule has 21 heavy (non-hydrogen) atoms. The molecule has 7 heteroatoms. The molecule has 7 nitrogen and oxygen atoms in total. The lowest BCUT2D eigenvalue weighted by molar-refractivity contribution is -0.384. The van der Waals surface area contributed by atoms with E-state index < -0.39 is 4.92 Å². The summed E-state index contributed by atoms with van der Waals surface area (Å²) in [6, 6.07) is 4.07. The number of nitrogens with zero attached hydrogens (tertiary/aromatic N) is 2. The van der Waals surface area contributed by atoms with Gasteiger partial charge in [-0.3, -0.25) is 20.8 Å². The summed E-state index contributed by atoms with van der Waals surface area (Å²) in [6.45, 7) is 3.52. The van der Waals surface area contributed by atoms with Crippen molar-refractivity contribution in [1.82, 2.24) is 4.90 Å². The Balaban J connectivity index is 2.22. The van der Waals surface area contributed by atoms with E-state index in [0.717, 1.165) is 19.3 Å². The molecule has 0 spiro atoms. The topological polar surface area (TPSA) is 102 Å². The van der Waals surface area contributed by atoms with E-state index in [2.05, 4.69) is 12.3 Å². The Bertz CT molecular complexity index is 539. The van der Waals surface area contributed by atoms with Crippen LogP contribution in [0.5, 0.6) is 0 Å². The maximum absolute atomic E-state index is 12.6. The molecule has 114 valence electrons. The Morgan fingerprint density at radius 2 is 2.14 bits per heavy atom. The van der Waals surface area contributed by atoms with E-state index in [1.807, 2.05) is 0 Å². The first kappa shape index (κ1) is 15.2. The van der Waals surface area contributed by atoms with Gasteiger partial charge in [-0.25, -0.2) is 0 Å². The van der Waals surface area contributed by atoms with E-state index in [1.54, 1.807) is 4.90 Å². The number of carbonyl (C=O) groups is 1. The van der Waals surface area contributed by atoms with Gasteiger partial charge in [-0.15, -0.1) is 0 Å². The van der Waals surface area contributed by atoms with Crippen LogP contribution in [-0.2, 0) is 0 Å². The van der Waals surface area contributed by atoms with Gasteiger partial charge in [-0.2, -0.15) is 0 Å². The van der Waals surface area contributed by atoms with Crippen molar-refractivity contribution in [2.24, 2.45) is 11.8 Å². The Labute approximate surface area is 123 Å². The monoisotopic (exact) mass is 292 g/mol. The van der Waals surface area contributed by atoms with Gasteiger partial charge in [0, 0.05) is 25.2 Å². The summed E-state index contributed by atoms with van der Waals surface area (Å²) < 4.78 is 0. The quantitative estimate of drug-likeness (QED) is 0.503. The molecule has 0 atom stereocenters. The Kier molecular flexibility index (Phi) is 4.74. The van der Waals surface area contributed by atoms with Gasteiger partial charge in [0.05, 0.1) is 16.2 Å². The second-order valence-corrected chi connectivity index (χ2v) is 5.28. The molecular formula is C14H20N4O3. The number of nitrogens with two attached hydrogens (primary N) is 1. The number of nitro benzene ring substituents is 1. The third kappa shape index (κ3) is 3.30. The van der Waals surface area contributed by atoms with Crippen LogP contribution in [0.25, 0.3) is 0 Å². The van der Waals surface area contributed by atoms with Gasteiger partial charge < -0.3 is 10.3 Å². The van der Waals surface area contributed by atoms with E-state index >= 15 is 0 Å². The maximum Gasteiger partial charge on any atom is 0.270 e. The molecule has 3 N–H and O–H groups in total. The lowest BCUT2D eigenvalue weighted by atomic mass is 9.94. The fourth-order valence-corrected chi connectivity index (χ4v) is 2.66. The molecule has 0 bridgehead atoms. The van der Waals surface area contributed by atoms with Crippen LogP contribution in [0.1, 0.15) is 36.5 Å². The maximum atomic E-state index is 12.6. The fourth-order valence-electron chi connectivity index (χ4n) is 2.66. The summed E-state index contributed by atoms with van der Waals surface area (Å²) in [5.74, 6) is 5.85. The zero-order chi connectivity index (χ0) is 15.4. The molecule has 1 aromatic rings. The number of hydrazine groups is 1. The van der Waals surface area contributed by atoms with E-state index in [9.17, 15) is 14.9 Å². The minimum atomic E-state index is -0.513. The summed E-state index contributed by atoms with van der Waals surface area (Å²) in [5, 5.41) is 10.9. The van der Waals surface area contributed by atoms with Crippen LogP contribution in [0.2, 0.25) is 0 Å². The Morgan fingerprint density at radius 1 is 1.48 bits per heavy atom. The van der Waals surface area contributed by atoms with E-state index in [0.29, 0.717) is 24.7 Å². The van der Waals surface area contributed by atoms with Gasteiger partial charge in [-0.1, -0.05) is 13.3 Å². The van der Waals surface area contributed by atoms with Crippen LogP contribution in [0, 0.1) is 16.0 Å². The zero-order valence-corrected chi connectivity index (χ0v) is 12.0. The number of piperidine rings is 1. The second kappa shape index (κ2) is 6.53. The number of likely N-dealkylation sites (tertiary alicyclic amines) is 1. The highest BCUT2D eigenvalue weighted by Gasteiger charge is 2.25. The third-order valence-electron chi connectivity index (χ3n) is 4.08. The van der Waals surface area contributed by atoms with Crippen LogP contribution in [0.3, 0.4) is 0 Å². The smallest absolute Gasteiger partial charge is 0.270 e. The molecule has 0 aromatic heterocycles. The number of carbonyl (C=O) groups excluding carboxylic acids is 1. The molecule has 0 unspecified atom stereocenters. The van der Waals surface area contributed by atoms with Gasteiger partial charge >= 0.3 is 0 Å². The van der Waals surface area contributed by atoms with Crippen molar-refractivity contribution in [2.75, 3.05) is 18.5 Å². The van der Waals surface area contributed by atoms with Crippen molar-refractivity contribution >= 4 is 17.3 Å². The number of nitro groups is 1. The number of nitrogen functional groups attached to an aromatic ring is 1. The Morgan fingerprint density at radius 3 is 2.67 bits per heavy atom. The lowest BCUT2D eigenvalue weighted by Crippen LogP contribution is -2.38. The average molecular weight is 292 g/mol. The number of hydrogen-bond donors (Lipinski definition) is 2. The van der Waals surface area contributed by atoms with E-state index in [-0.39, 0.29) is 17.2 Å². The zero-order valence-electron chi connectivity index (χ0n) is 12.0. The van der Waals surface area contributed by atoms with Crippen LogP contribution in [-0.4, -0.2) is 28.8 Å². The molecule has 1 aliphatic rings. The number of amides is 1. The van der Waals surface area contributed by atoms with E-state index in [4.69, 9.17) is 5.84 Å². The number of rotatable bonds is 4. The average Bonchev–Trinajstić information content (AvgIpc) is 2.53. The summed E-state index contributed by atoms with van der Waals surface area (Å²) in [7, 11) is 0. The van der Waals surface area contributed by atoms with Crippen LogP contribution < -0.4 is 11.3 Å². The van der Waals surface area contributed by atoms with Crippen molar-refractivity contribution in [2.45, 2.75) is 26.2 Å². The summed E-state index contributed by atoms with van der Waals surface area (Å²) in [5.41, 5.74) is 2.98. The number of hydrogen-bond acceptors (Lipinski definition) is 5. The standard InChI is InChI=1S/C14H20N4O3/c1-2-10-5-7-17(8-6-10)14(19)12-9-11(18(20)21)3-4-13(12)16-15/h3-4,9-10,16H,2,5-8,15H2,1H3. The first-order valence-electron chi connectivity index (χ1n) is 7.11. The molecule has 1 amide bonds. The second-order valence-electron chi connectivity index (χ2n) is 5.28. The highest BCUT2D eigenvalue weighted by Crippen LogP contribution is 2.26. The van der Waals surface area contributed by atoms with Gasteiger partial charge in [-0.05, 0) is 24.8 Å². The molecular weight excluding hydrogens is 272 g/mol. The number of anilines is 1. The normalized spacial score (nSPS) is 15.8. The van der Waals surface area contributed by atoms with Gasteiger partial charge in [0.1, 0.15) is 0 Å². The predicted octanol–water partition coefficient (Wildman–Crippen LogP) is 2.14. The molecule has 1 saturated heterocycles. The molecule has 1 aromatic carbocycles. The third-order valence-corrected chi connectivity index (χ3v) is 4.08. The lowest BCUT2D eigenvalue weighted by Gasteiger charge is -2.31. The molecule has 1 heterocycles. The molecule has 1 aliphatic heterocycles. The van der Waals surface area contributed by atoms with E-state index in [1.165, 1.54) is 18.2 Å². The van der Waals surface area contributed by atoms with Crippen molar-refractivity contribution in [1.29, 1.82) is 0 Å². The largest absolute Gasteiger partial charge is 0.339 e. The van der Waals surface area contributed by atoms with Gasteiger partial charge in [0.15, 0.2) is 0 Å². The Hall–Kier alpha value is -2.15. The van der Waals surface area contributed by atoms with Crippen LogP contribution in [0.15, 0.2) is 18.2 Å². The fraction of sp³-hybridized carbons (Fsp3) is 0.500. The molecule has 1 fully saturated rings. The minimum absolute atomic E-state index is 0.110. The van der Waals surface area contributed by atoms with Crippen molar-refractivity contribution in [3.05, 3.63) is 33.9 Å². The number of non-ortho nitro benzene ring substituents is 1. The molecule has 0 radical (unpaired) electrons. The highest BCUT2D eigenvalue weighted by molar-refractivity contribution is 6.00. The SMILES string of the molecule is CCC1CCN(C(=O)c2cc([N+](=O)[O-])ccc2NN)CC1. The molecule has 2 rings (SSSR count). The predicted molar refractivity (Wildman–Crippen MR) is 79.8 cm³/mol. The first-order chi connectivity index (χ1) is 10.1.